The number of halogens is 1. The summed E-state index contributed by atoms with van der Waals surface area (Å²) in [6.45, 7) is 0.485. The minimum atomic E-state index is -0.324. The van der Waals surface area contributed by atoms with Gasteiger partial charge in [0.25, 0.3) is 0 Å². The molecule has 22 heavy (non-hydrogen) atoms. The Kier molecular flexibility index (Phi) is 5.98. The minimum Gasteiger partial charge on any atom is -0.355 e. The van der Waals surface area contributed by atoms with Gasteiger partial charge < -0.3 is 10.6 Å². The van der Waals surface area contributed by atoms with Gasteiger partial charge in [0.1, 0.15) is 6.42 Å². The highest BCUT2D eigenvalue weighted by Crippen LogP contribution is 2.09. The van der Waals surface area contributed by atoms with Crippen LogP contribution >= 0.6 is 11.6 Å². The Morgan fingerprint density at radius 1 is 0.909 bits per heavy atom. The summed E-state index contributed by atoms with van der Waals surface area (Å²) >= 11 is 5.81. The van der Waals surface area contributed by atoms with Gasteiger partial charge >= 0.3 is 0 Å². The Labute approximate surface area is 134 Å². The second-order valence-electron chi connectivity index (χ2n) is 4.82. The van der Waals surface area contributed by atoms with Crippen molar-refractivity contribution in [3.05, 3.63) is 65.2 Å². The molecule has 0 unspecified atom stereocenters. The molecule has 0 radical (unpaired) electrons. The van der Waals surface area contributed by atoms with E-state index in [-0.39, 0.29) is 18.2 Å². The van der Waals surface area contributed by atoms with Gasteiger partial charge in [-0.1, -0.05) is 41.9 Å². The van der Waals surface area contributed by atoms with Gasteiger partial charge in [0, 0.05) is 17.3 Å². The second-order valence-corrected chi connectivity index (χ2v) is 5.25. The molecule has 0 bridgehead atoms. The number of amides is 2. The average Bonchev–Trinajstić information content (AvgIpc) is 2.50. The monoisotopic (exact) mass is 316 g/mol. The van der Waals surface area contributed by atoms with Gasteiger partial charge in [0.05, 0.1) is 0 Å². The van der Waals surface area contributed by atoms with Crippen molar-refractivity contribution in [2.75, 3.05) is 11.9 Å². The molecule has 2 aromatic rings. The van der Waals surface area contributed by atoms with Crippen LogP contribution in [0.3, 0.4) is 0 Å². The highest BCUT2D eigenvalue weighted by Gasteiger charge is 2.09. The van der Waals surface area contributed by atoms with E-state index >= 15 is 0 Å². The van der Waals surface area contributed by atoms with E-state index in [1.54, 1.807) is 12.1 Å². The van der Waals surface area contributed by atoms with Gasteiger partial charge in [-0.3, -0.25) is 9.59 Å². The zero-order chi connectivity index (χ0) is 15.8. The molecule has 5 heteroatoms. The third kappa shape index (κ3) is 5.58. The first-order valence-electron chi connectivity index (χ1n) is 6.99. The van der Waals surface area contributed by atoms with Gasteiger partial charge in [0.15, 0.2) is 0 Å². The molecule has 0 spiro atoms. The molecule has 0 fully saturated rings. The number of carbonyl (C=O) groups is 2. The van der Waals surface area contributed by atoms with Crippen LogP contribution in [-0.2, 0) is 16.0 Å². The number of anilines is 1. The van der Waals surface area contributed by atoms with Crippen molar-refractivity contribution < 1.29 is 9.59 Å². The number of hydrogen-bond donors (Lipinski definition) is 2. The fourth-order valence-electron chi connectivity index (χ4n) is 1.93. The first kappa shape index (κ1) is 16.0. The normalized spacial score (nSPS) is 10.0. The van der Waals surface area contributed by atoms with Crippen LogP contribution in [0.2, 0.25) is 5.02 Å². The molecule has 0 heterocycles. The number of rotatable bonds is 6. The molecule has 114 valence electrons. The van der Waals surface area contributed by atoms with Crippen LogP contribution in [0.5, 0.6) is 0 Å². The van der Waals surface area contributed by atoms with Gasteiger partial charge in [-0.2, -0.15) is 0 Å². The molecule has 2 rings (SSSR count). The van der Waals surface area contributed by atoms with E-state index in [1.807, 2.05) is 42.5 Å². The van der Waals surface area contributed by atoms with E-state index in [0.717, 1.165) is 5.56 Å². The van der Waals surface area contributed by atoms with Gasteiger partial charge in [-0.25, -0.2) is 0 Å². The molecular weight excluding hydrogens is 300 g/mol. The molecule has 0 aliphatic carbocycles. The maximum Gasteiger partial charge on any atom is 0.233 e. The Morgan fingerprint density at radius 2 is 1.59 bits per heavy atom. The Morgan fingerprint density at radius 3 is 2.27 bits per heavy atom. The van der Waals surface area contributed by atoms with Crippen molar-refractivity contribution in [3.63, 3.8) is 0 Å². The van der Waals surface area contributed by atoms with Crippen molar-refractivity contribution in [2.24, 2.45) is 0 Å². The zero-order valence-electron chi connectivity index (χ0n) is 12.0. The predicted octanol–water partition coefficient (Wildman–Crippen LogP) is 3.03. The Hall–Kier alpha value is -2.33. The fourth-order valence-corrected chi connectivity index (χ4v) is 2.06. The number of para-hydroxylation sites is 1. The summed E-state index contributed by atoms with van der Waals surface area (Å²) in [5.74, 6) is -0.613. The molecule has 0 aliphatic rings. The molecule has 0 saturated heterocycles. The topological polar surface area (TPSA) is 58.2 Å². The van der Waals surface area contributed by atoms with E-state index in [2.05, 4.69) is 10.6 Å². The van der Waals surface area contributed by atoms with Gasteiger partial charge in [-0.15, -0.1) is 0 Å². The molecule has 2 amide bonds. The Balaban J connectivity index is 1.69. The lowest BCUT2D eigenvalue weighted by molar-refractivity contribution is -0.126. The van der Waals surface area contributed by atoms with Crippen LogP contribution in [0.1, 0.15) is 12.0 Å². The number of hydrogen-bond acceptors (Lipinski definition) is 2. The van der Waals surface area contributed by atoms with E-state index in [1.165, 1.54) is 0 Å². The van der Waals surface area contributed by atoms with Crippen molar-refractivity contribution in [2.45, 2.75) is 12.8 Å². The predicted molar refractivity (Wildman–Crippen MR) is 87.9 cm³/mol. The van der Waals surface area contributed by atoms with Crippen molar-refractivity contribution in [3.8, 4) is 0 Å². The lowest BCUT2D eigenvalue weighted by Crippen LogP contribution is -2.29. The number of benzene rings is 2. The van der Waals surface area contributed by atoms with Gasteiger partial charge in [0.2, 0.25) is 11.8 Å². The summed E-state index contributed by atoms with van der Waals surface area (Å²) in [4.78, 5) is 23.4. The molecule has 0 saturated carbocycles. The van der Waals surface area contributed by atoms with Crippen LogP contribution in [0.4, 0.5) is 5.69 Å². The smallest absolute Gasteiger partial charge is 0.233 e. The maximum absolute atomic E-state index is 11.7. The van der Waals surface area contributed by atoms with E-state index < -0.39 is 0 Å². The fraction of sp³-hybridized carbons (Fsp3) is 0.176. The number of carbonyl (C=O) groups excluding carboxylic acids is 2. The highest BCUT2D eigenvalue weighted by molar-refractivity contribution is 6.30. The summed E-state index contributed by atoms with van der Waals surface area (Å²) in [6, 6.07) is 16.5. The molecule has 4 nitrogen and oxygen atoms in total. The standard InChI is InChI=1S/C17H17ClN2O2/c18-14-8-6-13(7-9-14)10-11-19-16(21)12-17(22)20-15-4-2-1-3-5-15/h1-9H,10-12H2,(H,19,21)(H,20,22). The average molecular weight is 317 g/mol. The molecule has 0 atom stereocenters. The summed E-state index contributed by atoms with van der Waals surface area (Å²) in [6.07, 6.45) is 0.513. The first-order valence-corrected chi connectivity index (χ1v) is 7.37. The summed E-state index contributed by atoms with van der Waals surface area (Å²) < 4.78 is 0. The third-order valence-electron chi connectivity index (χ3n) is 3.03. The second kappa shape index (κ2) is 8.20. The molecule has 2 aromatic carbocycles. The molecule has 0 aromatic heterocycles. The van der Waals surface area contributed by atoms with Crippen molar-refractivity contribution >= 4 is 29.1 Å². The summed E-state index contributed by atoms with van der Waals surface area (Å²) in [7, 11) is 0. The van der Waals surface area contributed by atoms with Crippen LogP contribution in [0.25, 0.3) is 0 Å². The van der Waals surface area contributed by atoms with Crippen LogP contribution in [0.15, 0.2) is 54.6 Å². The number of nitrogens with one attached hydrogen (secondary N) is 2. The van der Waals surface area contributed by atoms with E-state index in [0.29, 0.717) is 23.7 Å². The molecule has 0 aliphatic heterocycles. The van der Waals surface area contributed by atoms with Crippen LogP contribution < -0.4 is 10.6 Å². The maximum atomic E-state index is 11.7. The lowest BCUT2D eigenvalue weighted by atomic mass is 10.1. The zero-order valence-corrected chi connectivity index (χ0v) is 12.8. The SMILES string of the molecule is O=C(CC(=O)Nc1ccccc1)NCCc1ccc(Cl)cc1. The summed E-state index contributed by atoms with van der Waals surface area (Å²) in [5, 5.41) is 6.09. The minimum absolute atomic E-state index is 0.185. The molecule has 2 N–H and O–H groups in total. The molecular formula is C17H17ClN2O2. The van der Waals surface area contributed by atoms with Crippen LogP contribution in [0, 0.1) is 0 Å². The Bertz CT molecular complexity index is 627. The van der Waals surface area contributed by atoms with Crippen molar-refractivity contribution in [1.29, 1.82) is 0 Å². The van der Waals surface area contributed by atoms with Gasteiger partial charge in [-0.05, 0) is 36.2 Å². The largest absolute Gasteiger partial charge is 0.355 e. The first-order chi connectivity index (χ1) is 10.6. The van der Waals surface area contributed by atoms with Crippen LogP contribution in [-0.4, -0.2) is 18.4 Å². The van der Waals surface area contributed by atoms with E-state index in [9.17, 15) is 9.59 Å². The summed E-state index contributed by atoms with van der Waals surface area (Å²) in [5.41, 5.74) is 1.76. The lowest BCUT2D eigenvalue weighted by Gasteiger charge is -2.07. The van der Waals surface area contributed by atoms with Crippen molar-refractivity contribution in [1.82, 2.24) is 5.32 Å². The quantitative estimate of drug-likeness (QED) is 0.805. The van der Waals surface area contributed by atoms with E-state index in [4.69, 9.17) is 11.6 Å². The third-order valence-corrected chi connectivity index (χ3v) is 3.28. The highest BCUT2D eigenvalue weighted by atomic mass is 35.5.